The first kappa shape index (κ1) is 15.5. The number of hydrogen-bond donors (Lipinski definition) is 0. The molecule has 5 nitrogen and oxygen atoms in total. The second-order valence-corrected chi connectivity index (χ2v) is 6.38. The van der Waals surface area contributed by atoms with Gasteiger partial charge in [-0.25, -0.2) is 4.98 Å². The highest BCUT2D eigenvalue weighted by molar-refractivity contribution is 6.02. The van der Waals surface area contributed by atoms with E-state index in [1.54, 1.807) is 7.11 Å². The molecule has 0 spiro atoms. The standard InChI is InChI=1S/C19H23N3O2/c1-23-11-9-18-21-17-12-20-16-8-3-2-7-15(16)19(17)22(18)13-14-6-4-5-10-24-14/h2-3,7-8,12,14H,4-6,9-11,13H2,1H3. The number of rotatable bonds is 5. The molecule has 1 unspecified atom stereocenters. The Morgan fingerprint density at radius 1 is 1.25 bits per heavy atom. The van der Waals surface area contributed by atoms with Crippen LogP contribution in [0.4, 0.5) is 0 Å². The molecule has 1 fully saturated rings. The van der Waals surface area contributed by atoms with Gasteiger partial charge in [0.15, 0.2) is 0 Å². The van der Waals surface area contributed by atoms with Gasteiger partial charge in [0.2, 0.25) is 0 Å². The van der Waals surface area contributed by atoms with Gasteiger partial charge in [0.1, 0.15) is 11.3 Å². The molecule has 1 aliphatic rings. The molecular formula is C19H23N3O2. The van der Waals surface area contributed by atoms with Gasteiger partial charge in [-0.1, -0.05) is 18.2 Å². The molecule has 1 aromatic carbocycles. The zero-order valence-electron chi connectivity index (χ0n) is 14.1. The number of nitrogens with zero attached hydrogens (tertiary/aromatic N) is 3. The number of benzene rings is 1. The van der Waals surface area contributed by atoms with E-state index in [0.29, 0.717) is 6.61 Å². The minimum absolute atomic E-state index is 0.268. The normalized spacial score (nSPS) is 18.5. The van der Waals surface area contributed by atoms with E-state index in [1.807, 2.05) is 12.3 Å². The van der Waals surface area contributed by atoms with Gasteiger partial charge < -0.3 is 14.0 Å². The second-order valence-electron chi connectivity index (χ2n) is 6.38. The lowest BCUT2D eigenvalue weighted by molar-refractivity contribution is 0.00610. The van der Waals surface area contributed by atoms with Gasteiger partial charge in [0.25, 0.3) is 0 Å². The lowest BCUT2D eigenvalue weighted by Crippen LogP contribution is -2.25. The summed E-state index contributed by atoms with van der Waals surface area (Å²) in [6.45, 7) is 2.39. The van der Waals surface area contributed by atoms with Crippen molar-refractivity contribution in [3.8, 4) is 0 Å². The SMILES string of the molecule is COCCc1nc2cnc3ccccc3c2n1CC1CCCCO1. The van der Waals surface area contributed by atoms with Crippen LogP contribution < -0.4 is 0 Å². The minimum Gasteiger partial charge on any atom is -0.384 e. The first-order valence-electron chi connectivity index (χ1n) is 8.70. The molecule has 3 aromatic rings. The van der Waals surface area contributed by atoms with Crippen LogP contribution in [-0.2, 0) is 22.4 Å². The largest absolute Gasteiger partial charge is 0.384 e. The Morgan fingerprint density at radius 3 is 3.00 bits per heavy atom. The third kappa shape index (κ3) is 2.89. The number of ether oxygens (including phenoxy) is 2. The highest BCUT2D eigenvalue weighted by Crippen LogP contribution is 2.26. The number of aromatic nitrogens is 3. The number of fused-ring (bicyclic) bond motifs is 3. The fourth-order valence-corrected chi connectivity index (χ4v) is 3.55. The number of pyridine rings is 1. The monoisotopic (exact) mass is 325 g/mol. The molecule has 4 rings (SSSR count). The van der Waals surface area contributed by atoms with Crippen molar-refractivity contribution < 1.29 is 9.47 Å². The number of hydrogen-bond acceptors (Lipinski definition) is 4. The number of methoxy groups -OCH3 is 1. The quantitative estimate of drug-likeness (QED) is 0.722. The van der Waals surface area contributed by atoms with E-state index in [1.165, 1.54) is 18.4 Å². The summed E-state index contributed by atoms with van der Waals surface area (Å²) < 4.78 is 13.6. The number of imidazole rings is 1. The molecule has 0 aliphatic carbocycles. The van der Waals surface area contributed by atoms with Crippen molar-refractivity contribution in [3.63, 3.8) is 0 Å². The van der Waals surface area contributed by atoms with E-state index in [9.17, 15) is 0 Å². The highest BCUT2D eigenvalue weighted by atomic mass is 16.5. The van der Waals surface area contributed by atoms with E-state index in [0.717, 1.165) is 48.2 Å². The Labute approximate surface area is 141 Å². The zero-order chi connectivity index (χ0) is 16.4. The van der Waals surface area contributed by atoms with Gasteiger partial charge in [-0.3, -0.25) is 4.98 Å². The molecule has 2 aromatic heterocycles. The summed E-state index contributed by atoms with van der Waals surface area (Å²) in [5.41, 5.74) is 3.13. The average Bonchev–Trinajstić information content (AvgIpc) is 2.99. The Balaban J connectivity index is 1.83. The van der Waals surface area contributed by atoms with Gasteiger partial charge in [0, 0.05) is 25.5 Å². The molecule has 5 heteroatoms. The van der Waals surface area contributed by atoms with E-state index in [2.05, 4.69) is 27.8 Å². The molecular weight excluding hydrogens is 302 g/mol. The molecule has 24 heavy (non-hydrogen) atoms. The third-order valence-electron chi connectivity index (χ3n) is 4.75. The maximum Gasteiger partial charge on any atom is 0.112 e. The molecule has 0 radical (unpaired) electrons. The van der Waals surface area contributed by atoms with Gasteiger partial charge >= 0.3 is 0 Å². The van der Waals surface area contributed by atoms with Crippen molar-refractivity contribution in [2.24, 2.45) is 0 Å². The first-order chi connectivity index (χ1) is 11.9. The Hall–Kier alpha value is -1.98. The van der Waals surface area contributed by atoms with Crippen molar-refractivity contribution in [3.05, 3.63) is 36.3 Å². The smallest absolute Gasteiger partial charge is 0.112 e. The van der Waals surface area contributed by atoms with Crippen LogP contribution in [0.25, 0.3) is 21.9 Å². The molecule has 0 amide bonds. The van der Waals surface area contributed by atoms with Crippen molar-refractivity contribution in [2.75, 3.05) is 20.3 Å². The minimum atomic E-state index is 0.268. The van der Waals surface area contributed by atoms with Gasteiger partial charge in [-0.05, 0) is 25.3 Å². The van der Waals surface area contributed by atoms with Crippen LogP contribution in [0.5, 0.6) is 0 Å². The van der Waals surface area contributed by atoms with Crippen LogP contribution in [0.15, 0.2) is 30.5 Å². The summed E-state index contributed by atoms with van der Waals surface area (Å²) in [5, 5.41) is 1.15. The van der Waals surface area contributed by atoms with Crippen molar-refractivity contribution in [2.45, 2.75) is 38.3 Å². The summed E-state index contributed by atoms with van der Waals surface area (Å²) in [4.78, 5) is 9.38. The van der Waals surface area contributed by atoms with E-state index in [4.69, 9.17) is 14.5 Å². The molecule has 1 atom stereocenters. The molecule has 1 aliphatic heterocycles. The van der Waals surface area contributed by atoms with Crippen LogP contribution in [0.2, 0.25) is 0 Å². The summed E-state index contributed by atoms with van der Waals surface area (Å²) >= 11 is 0. The predicted octanol–water partition coefficient (Wildman–Crippen LogP) is 3.34. The van der Waals surface area contributed by atoms with Crippen LogP contribution in [0.3, 0.4) is 0 Å². The average molecular weight is 325 g/mol. The van der Waals surface area contributed by atoms with Crippen molar-refractivity contribution in [1.82, 2.24) is 14.5 Å². The Morgan fingerprint density at radius 2 is 2.17 bits per heavy atom. The summed E-state index contributed by atoms with van der Waals surface area (Å²) in [6.07, 6.45) is 6.48. The molecule has 126 valence electrons. The van der Waals surface area contributed by atoms with E-state index < -0.39 is 0 Å². The maximum absolute atomic E-state index is 5.98. The fraction of sp³-hybridized carbons (Fsp3) is 0.474. The first-order valence-corrected chi connectivity index (χ1v) is 8.70. The maximum atomic E-state index is 5.98. The van der Waals surface area contributed by atoms with Crippen LogP contribution in [0, 0.1) is 0 Å². The van der Waals surface area contributed by atoms with Crippen LogP contribution in [0.1, 0.15) is 25.1 Å². The molecule has 0 saturated carbocycles. The summed E-state index contributed by atoms with van der Waals surface area (Å²) in [7, 11) is 1.73. The number of para-hydroxylation sites is 1. The lowest BCUT2D eigenvalue weighted by atomic mass is 10.1. The molecule has 0 bridgehead atoms. The van der Waals surface area contributed by atoms with Crippen LogP contribution in [-0.4, -0.2) is 41.0 Å². The summed E-state index contributed by atoms with van der Waals surface area (Å²) in [6, 6.07) is 8.27. The van der Waals surface area contributed by atoms with Crippen molar-refractivity contribution >= 4 is 21.9 Å². The Kier molecular flexibility index (Phi) is 4.45. The van der Waals surface area contributed by atoms with E-state index in [-0.39, 0.29) is 6.10 Å². The predicted molar refractivity (Wildman–Crippen MR) is 94.2 cm³/mol. The van der Waals surface area contributed by atoms with E-state index >= 15 is 0 Å². The van der Waals surface area contributed by atoms with Gasteiger partial charge in [0.05, 0.1) is 36.5 Å². The zero-order valence-corrected chi connectivity index (χ0v) is 14.1. The van der Waals surface area contributed by atoms with Gasteiger partial charge in [-0.2, -0.15) is 0 Å². The topological polar surface area (TPSA) is 49.2 Å². The highest BCUT2D eigenvalue weighted by Gasteiger charge is 2.20. The molecule has 3 heterocycles. The second kappa shape index (κ2) is 6.87. The lowest BCUT2D eigenvalue weighted by Gasteiger charge is -2.24. The third-order valence-corrected chi connectivity index (χ3v) is 4.75. The van der Waals surface area contributed by atoms with Crippen LogP contribution >= 0.6 is 0 Å². The van der Waals surface area contributed by atoms with Gasteiger partial charge in [-0.15, -0.1) is 0 Å². The molecule has 1 saturated heterocycles. The molecule has 0 N–H and O–H groups in total. The summed E-state index contributed by atoms with van der Waals surface area (Å²) in [5.74, 6) is 1.05. The van der Waals surface area contributed by atoms with Crippen molar-refractivity contribution in [1.29, 1.82) is 0 Å². The fourth-order valence-electron chi connectivity index (χ4n) is 3.55. The Bertz CT molecular complexity index is 837.